The van der Waals surface area contributed by atoms with E-state index in [0.717, 1.165) is 26.2 Å². The number of benzene rings is 2. The first kappa shape index (κ1) is 15.9. The molecule has 0 saturated carbocycles. The van der Waals surface area contributed by atoms with E-state index in [1.165, 1.54) is 22.7 Å². The van der Waals surface area contributed by atoms with Crippen molar-refractivity contribution in [3.05, 3.63) is 65.7 Å². The Morgan fingerprint density at radius 3 is 2.13 bits per heavy atom. The Morgan fingerprint density at radius 2 is 1.48 bits per heavy atom. The number of nitrogens with zero attached hydrogens (tertiary/aromatic N) is 1. The zero-order chi connectivity index (χ0) is 16.3. The minimum Gasteiger partial charge on any atom is -0.360 e. The Hall–Kier alpha value is -2.01. The third-order valence-corrected chi connectivity index (χ3v) is 4.36. The number of alkyl halides is 3. The van der Waals surface area contributed by atoms with Gasteiger partial charge in [-0.1, -0.05) is 36.4 Å². The van der Waals surface area contributed by atoms with E-state index in [0.29, 0.717) is 12.1 Å². The average molecular weight is 321 g/mol. The summed E-state index contributed by atoms with van der Waals surface area (Å²) in [5.41, 5.74) is 1.07. The first-order chi connectivity index (χ1) is 11.0. The number of quaternary nitrogens is 1. The zero-order valence-electron chi connectivity index (χ0n) is 12.8. The number of nitrogens with one attached hydrogen (secondary N) is 1. The van der Waals surface area contributed by atoms with E-state index in [9.17, 15) is 13.2 Å². The molecule has 1 aliphatic rings. The van der Waals surface area contributed by atoms with Gasteiger partial charge in [-0.15, -0.1) is 0 Å². The highest BCUT2D eigenvalue weighted by atomic mass is 19.4. The second-order valence-electron chi connectivity index (χ2n) is 5.90. The van der Waals surface area contributed by atoms with Crippen LogP contribution in [0.15, 0.2) is 54.6 Å². The van der Waals surface area contributed by atoms with Crippen molar-refractivity contribution in [2.75, 3.05) is 31.1 Å². The summed E-state index contributed by atoms with van der Waals surface area (Å²) >= 11 is 0. The molecule has 2 aromatic carbocycles. The monoisotopic (exact) mass is 321 g/mol. The molecule has 1 fully saturated rings. The minimum atomic E-state index is -4.28. The van der Waals surface area contributed by atoms with Crippen LogP contribution in [0.4, 0.5) is 18.9 Å². The molecule has 0 radical (unpaired) electrons. The maximum Gasteiger partial charge on any atom is 0.416 e. The van der Waals surface area contributed by atoms with E-state index in [1.54, 1.807) is 12.1 Å². The fourth-order valence-electron chi connectivity index (χ4n) is 3.12. The van der Waals surface area contributed by atoms with Crippen molar-refractivity contribution >= 4 is 5.69 Å². The lowest BCUT2D eigenvalue weighted by Gasteiger charge is -2.34. The van der Waals surface area contributed by atoms with Crippen LogP contribution < -0.4 is 9.80 Å². The van der Waals surface area contributed by atoms with Crippen LogP contribution >= 0.6 is 0 Å². The van der Waals surface area contributed by atoms with Gasteiger partial charge in [-0.2, -0.15) is 13.2 Å². The number of halogens is 3. The molecule has 122 valence electrons. The predicted octanol–water partition coefficient (Wildman–Crippen LogP) is 2.61. The maximum absolute atomic E-state index is 13.1. The van der Waals surface area contributed by atoms with Crippen LogP contribution in [0.5, 0.6) is 0 Å². The molecule has 23 heavy (non-hydrogen) atoms. The molecule has 3 rings (SSSR count). The molecule has 0 bridgehead atoms. The average Bonchev–Trinajstić information content (AvgIpc) is 2.56. The van der Waals surface area contributed by atoms with Crippen LogP contribution in [-0.4, -0.2) is 26.2 Å². The Labute approximate surface area is 134 Å². The standard InChI is InChI=1S/C18H19F3N2/c19-18(20,21)17-9-5-4-6-15(17)14-22-10-12-23(13-11-22)16-7-2-1-3-8-16/h1-9H,10-14H2/p+1. The van der Waals surface area contributed by atoms with E-state index in [-0.39, 0.29) is 0 Å². The molecule has 1 heterocycles. The molecule has 1 saturated heterocycles. The molecule has 0 aromatic heterocycles. The molecular formula is C18H20F3N2+. The van der Waals surface area contributed by atoms with E-state index < -0.39 is 11.7 Å². The van der Waals surface area contributed by atoms with Crippen molar-refractivity contribution in [2.45, 2.75) is 12.7 Å². The van der Waals surface area contributed by atoms with Crippen LogP contribution in [0.25, 0.3) is 0 Å². The van der Waals surface area contributed by atoms with Crippen molar-refractivity contribution in [3.8, 4) is 0 Å². The number of para-hydroxylation sites is 1. The summed E-state index contributed by atoms with van der Waals surface area (Å²) < 4.78 is 39.2. The van der Waals surface area contributed by atoms with Gasteiger partial charge < -0.3 is 9.80 Å². The van der Waals surface area contributed by atoms with Gasteiger partial charge in [0.05, 0.1) is 31.7 Å². The molecule has 0 unspecified atom stereocenters. The van der Waals surface area contributed by atoms with Crippen LogP contribution in [0, 0.1) is 0 Å². The van der Waals surface area contributed by atoms with Crippen LogP contribution in [-0.2, 0) is 12.7 Å². The summed E-state index contributed by atoms with van der Waals surface area (Å²) in [5.74, 6) is 0. The van der Waals surface area contributed by atoms with Gasteiger partial charge in [-0.05, 0) is 18.2 Å². The summed E-state index contributed by atoms with van der Waals surface area (Å²) in [5, 5.41) is 0. The van der Waals surface area contributed by atoms with Crippen molar-refractivity contribution in [3.63, 3.8) is 0 Å². The summed E-state index contributed by atoms with van der Waals surface area (Å²) in [6, 6.07) is 16.1. The highest BCUT2D eigenvalue weighted by molar-refractivity contribution is 5.46. The summed E-state index contributed by atoms with van der Waals surface area (Å²) in [7, 11) is 0. The van der Waals surface area contributed by atoms with E-state index in [4.69, 9.17) is 0 Å². The summed E-state index contributed by atoms with van der Waals surface area (Å²) in [6.07, 6.45) is -4.28. The van der Waals surface area contributed by atoms with Gasteiger partial charge >= 0.3 is 6.18 Å². The largest absolute Gasteiger partial charge is 0.416 e. The van der Waals surface area contributed by atoms with Gasteiger partial charge in [0.25, 0.3) is 0 Å². The quantitative estimate of drug-likeness (QED) is 0.913. The Kier molecular flexibility index (Phi) is 4.57. The molecule has 0 amide bonds. The lowest BCUT2D eigenvalue weighted by molar-refractivity contribution is -0.914. The van der Waals surface area contributed by atoms with Gasteiger partial charge in [-0.3, -0.25) is 0 Å². The third kappa shape index (κ3) is 3.85. The maximum atomic E-state index is 13.1. The zero-order valence-corrected chi connectivity index (χ0v) is 12.8. The van der Waals surface area contributed by atoms with Crippen molar-refractivity contribution in [1.29, 1.82) is 0 Å². The minimum absolute atomic E-state index is 0.392. The number of rotatable bonds is 3. The smallest absolute Gasteiger partial charge is 0.360 e. The van der Waals surface area contributed by atoms with Crippen LogP contribution in [0.3, 0.4) is 0 Å². The molecule has 5 heteroatoms. The molecule has 1 N–H and O–H groups in total. The van der Waals surface area contributed by atoms with Crippen LogP contribution in [0.1, 0.15) is 11.1 Å². The Bertz CT molecular complexity index is 632. The van der Waals surface area contributed by atoms with Crippen molar-refractivity contribution in [2.24, 2.45) is 0 Å². The Balaban J connectivity index is 1.64. The third-order valence-electron chi connectivity index (χ3n) is 4.36. The Morgan fingerprint density at radius 1 is 0.870 bits per heavy atom. The number of piperazine rings is 1. The lowest BCUT2D eigenvalue weighted by Crippen LogP contribution is -3.13. The van der Waals surface area contributed by atoms with E-state index in [1.807, 2.05) is 18.2 Å². The normalized spacial score (nSPS) is 16.6. The second kappa shape index (κ2) is 6.62. The lowest BCUT2D eigenvalue weighted by atomic mass is 10.1. The van der Waals surface area contributed by atoms with E-state index in [2.05, 4.69) is 17.0 Å². The van der Waals surface area contributed by atoms with Gasteiger partial charge in [0.1, 0.15) is 6.54 Å². The number of hydrogen-bond acceptors (Lipinski definition) is 1. The highest BCUT2D eigenvalue weighted by Crippen LogP contribution is 2.31. The number of anilines is 1. The number of hydrogen-bond donors (Lipinski definition) is 1. The second-order valence-corrected chi connectivity index (χ2v) is 5.90. The fourth-order valence-corrected chi connectivity index (χ4v) is 3.12. The molecule has 1 aliphatic heterocycles. The first-order valence-electron chi connectivity index (χ1n) is 7.83. The summed E-state index contributed by atoms with van der Waals surface area (Å²) in [4.78, 5) is 3.49. The fraction of sp³-hybridized carbons (Fsp3) is 0.333. The predicted molar refractivity (Wildman–Crippen MR) is 84.5 cm³/mol. The summed E-state index contributed by atoms with van der Waals surface area (Å²) in [6.45, 7) is 3.86. The van der Waals surface area contributed by atoms with Gasteiger partial charge in [0.15, 0.2) is 0 Å². The SMILES string of the molecule is FC(F)(F)c1ccccc1C[NH+]1CCN(c2ccccc2)CC1. The molecule has 0 atom stereocenters. The van der Waals surface area contributed by atoms with Gasteiger partial charge in [0, 0.05) is 11.3 Å². The van der Waals surface area contributed by atoms with Gasteiger partial charge in [-0.25, -0.2) is 0 Å². The topological polar surface area (TPSA) is 7.68 Å². The first-order valence-corrected chi connectivity index (χ1v) is 7.83. The molecule has 2 aromatic rings. The van der Waals surface area contributed by atoms with E-state index >= 15 is 0 Å². The van der Waals surface area contributed by atoms with Crippen molar-refractivity contribution in [1.82, 2.24) is 0 Å². The molecule has 0 spiro atoms. The van der Waals surface area contributed by atoms with Gasteiger partial charge in [0.2, 0.25) is 0 Å². The molecule has 2 nitrogen and oxygen atoms in total. The highest BCUT2D eigenvalue weighted by Gasteiger charge is 2.34. The molecule has 0 aliphatic carbocycles. The molecular weight excluding hydrogens is 301 g/mol. The van der Waals surface area contributed by atoms with Crippen molar-refractivity contribution < 1.29 is 18.1 Å². The van der Waals surface area contributed by atoms with Crippen LogP contribution in [0.2, 0.25) is 0 Å².